The predicted molar refractivity (Wildman–Crippen MR) is 87.2 cm³/mol. The molecule has 24 heavy (non-hydrogen) atoms. The van der Waals surface area contributed by atoms with Gasteiger partial charge in [0.1, 0.15) is 0 Å². The lowest BCUT2D eigenvalue weighted by Gasteiger charge is -2.30. The topological polar surface area (TPSA) is 107 Å². The van der Waals surface area contributed by atoms with Crippen LogP contribution in [0.25, 0.3) is 0 Å². The maximum absolute atomic E-state index is 12.5. The Morgan fingerprint density at radius 2 is 1.83 bits per heavy atom. The lowest BCUT2D eigenvalue weighted by atomic mass is 9.94. The molecule has 1 aliphatic rings. The van der Waals surface area contributed by atoms with Crippen LogP contribution in [-0.4, -0.2) is 52.0 Å². The molecule has 132 valence electrons. The van der Waals surface area contributed by atoms with Gasteiger partial charge in [-0.15, -0.1) is 0 Å². The molecule has 1 saturated heterocycles. The number of aromatic nitrogens is 2. The van der Waals surface area contributed by atoms with Crippen LogP contribution in [0.1, 0.15) is 48.9 Å². The summed E-state index contributed by atoms with van der Waals surface area (Å²) in [4.78, 5) is 34.4. The first kappa shape index (κ1) is 18.3. The first-order chi connectivity index (χ1) is 11.4. The van der Waals surface area contributed by atoms with E-state index in [0.717, 1.165) is 25.9 Å². The third kappa shape index (κ3) is 4.48. The van der Waals surface area contributed by atoms with Crippen molar-refractivity contribution in [1.82, 2.24) is 25.7 Å². The van der Waals surface area contributed by atoms with E-state index in [1.165, 1.54) is 17.9 Å². The highest BCUT2D eigenvalue weighted by Gasteiger charge is 2.28. The Labute approximate surface area is 141 Å². The molecule has 0 radical (unpaired) electrons. The number of carbonyl (C=O) groups is 2. The first-order valence-electron chi connectivity index (χ1n) is 8.17. The van der Waals surface area contributed by atoms with Gasteiger partial charge in [-0.3, -0.25) is 14.8 Å². The van der Waals surface area contributed by atoms with Crippen LogP contribution in [0.15, 0.2) is 12.4 Å². The number of likely N-dealkylation sites (tertiary alicyclic amines) is 1. The van der Waals surface area contributed by atoms with Crippen LogP contribution in [0, 0.1) is 11.8 Å². The minimum absolute atomic E-state index is 0.0156. The molecule has 1 aliphatic heterocycles. The Kier molecular flexibility index (Phi) is 6.22. The fourth-order valence-corrected chi connectivity index (χ4v) is 2.75. The van der Waals surface area contributed by atoms with E-state index in [9.17, 15) is 9.59 Å². The molecule has 1 fully saturated rings. The highest BCUT2D eigenvalue weighted by atomic mass is 16.5. The average molecular weight is 335 g/mol. The molecule has 0 aromatic carbocycles. The summed E-state index contributed by atoms with van der Waals surface area (Å²) in [6.45, 7) is 5.81. The number of carbonyl (C=O) groups excluding carboxylic acids is 2. The Morgan fingerprint density at radius 3 is 2.33 bits per heavy atom. The Morgan fingerprint density at radius 1 is 1.25 bits per heavy atom. The second-order valence-corrected chi connectivity index (χ2v) is 6.58. The SMILES string of the molecule is CC(C)C(NC(=O)C1CCN(C)CC1)c1ncc(C(=O)NO)cn1. The predicted octanol–water partition coefficient (Wildman–Crippen LogP) is 0.751. The van der Waals surface area contributed by atoms with E-state index in [0.29, 0.717) is 5.82 Å². The quantitative estimate of drug-likeness (QED) is 0.541. The summed E-state index contributed by atoms with van der Waals surface area (Å²) in [7, 11) is 2.06. The summed E-state index contributed by atoms with van der Waals surface area (Å²) in [5.74, 6) is -0.0547. The summed E-state index contributed by atoms with van der Waals surface area (Å²) in [5, 5.41) is 11.7. The van der Waals surface area contributed by atoms with E-state index in [-0.39, 0.29) is 29.3 Å². The maximum Gasteiger partial charge on any atom is 0.277 e. The zero-order valence-electron chi connectivity index (χ0n) is 14.3. The molecular weight excluding hydrogens is 310 g/mol. The summed E-state index contributed by atoms with van der Waals surface area (Å²) in [5.41, 5.74) is 1.70. The maximum atomic E-state index is 12.5. The molecule has 3 N–H and O–H groups in total. The molecule has 1 unspecified atom stereocenters. The van der Waals surface area contributed by atoms with E-state index in [1.54, 1.807) is 0 Å². The number of nitrogens with one attached hydrogen (secondary N) is 2. The van der Waals surface area contributed by atoms with Crippen molar-refractivity contribution < 1.29 is 14.8 Å². The van der Waals surface area contributed by atoms with E-state index >= 15 is 0 Å². The molecule has 0 aliphatic carbocycles. The normalized spacial score (nSPS) is 17.5. The van der Waals surface area contributed by atoms with Gasteiger partial charge in [0.2, 0.25) is 5.91 Å². The van der Waals surface area contributed by atoms with Gasteiger partial charge in [-0.2, -0.15) is 0 Å². The van der Waals surface area contributed by atoms with E-state index < -0.39 is 5.91 Å². The standard InChI is InChI=1S/C16H25N5O3/c1-10(2)13(14-17-8-12(9-18-14)16(23)20-24)19-15(22)11-4-6-21(3)7-5-11/h8-11,13,24H,4-7H2,1-3H3,(H,19,22)(H,20,23). The van der Waals surface area contributed by atoms with Gasteiger partial charge in [0.15, 0.2) is 5.82 Å². The van der Waals surface area contributed by atoms with Crippen LogP contribution in [-0.2, 0) is 4.79 Å². The number of hydrogen-bond acceptors (Lipinski definition) is 6. The second kappa shape index (κ2) is 8.16. The van der Waals surface area contributed by atoms with Gasteiger partial charge in [0, 0.05) is 18.3 Å². The van der Waals surface area contributed by atoms with Gasteiger partial charge in [0.05, 0.1) is 11.6 Å². The molecule has 0 spiro atoms. The number of hydrogen-bond donors (Lipinski definition) is 3. The van der Waals surface area contributed by atoms with Gasteiger partial charge >= 0.3 is 0 Å². The van der Waals surface area contributed by atoms with Gasteiger partial charge in [-0.05, 0) is 38.9 Å². The number of hydroxylamine groups is 1. The molecule has 1 aromatic rings. The minimum atomic E-state index is -0.669. The second-order valence-electron chi connectivity index (χ2n) is 6.58. The van der Waals surface area contributed by atoms with Crippen molar-refractivity contribution in [3.8, 4) is 0 Å². The molecule has 2 rings (SSSR count). The van der Waals surface area contributed by atoms with Crippen LogP contribution < -0.4 is 10.8 Å². The fourth-order valence-electron chi connectivity index (χ4n) is 2.75. The van der Waals surface area contributed by atoms with Gasteiger partial charge in [-0.1, -0.05) is 13.8 Å². The molecular formula is C16H25N5O3. The van der Waals surface area contributed by atoms with E-state index in [2.05, 4.69) is 27.2 Å². The van der Waals surface area contributed by atoms with Crippen LogP contribution in [0.2, 0.25) is 0 Å². The summed E-state index contributed by atoms with van der Waals surface area (Å²) < 4.78 is 0. The molecule has 1 atom stereocenters. The lowest BCUT2D eigenvalue weighted by molar-refractivity contribution is -0.127. The average Bonchev–Trinajstić information content (AvgIpc) is 2.59. The van der Waals surface area contributed by atoms with Gasteiger partial charge in [-0.25, -0.2) is 15.4 Å². The largest absolute Gasteiger partial charge is 0.346 e. The van der Waals surface area contributed by atoms with Gasteiger partial charge in [0.25, 0.3) is 5.91 Å². The summed E-state index contributed by atoms with van der Waals surface area (Å²) >= 11 is 0. The van der Waals surface area contributed by atoms with Gasteiger partial charge < -0.3 is 10.2 Å². The molecule has 0 bridgehead atoms. The lowest BCUT2D eigenvalue weighted by Crippen LogP contribution is -2.41. The minimum Gasteiger partial charge on any atom is -0.346 e. The molecule has 2 amide bonds. The number of rotatable bonds is 5. The number of nitrogens with zero attached hydrogens (tertiary/aromatic N) is 3. The first-order valence-corrected chi connectivity index (χ1v) is 8.17. The van der Waals surface area contributed by atoms with Crippen molar-refractivity contribution in [3.05, 3.63) is 23.8 Å². The van der Waals surface area contributed by atoms with Crippen molar-refractivity contribution in [1.29, 1.82) is 0 Å². The molecule has 8 heteroatoms. The molecule has 1 aromatic heterocycles. The summed E-state index contributed by atoms with van der Waals surface area (Å²) in [6, 6.07) is -0.316. The zero-order valence-corrected chi connectivity index (χ0v) is 14.3. The third-order valence-corrected chi connectivity index (χ3v) is 4.37. The Balaban J connectivity index is 2.06. The zero-order chi connectivity index (χ0) is 17.7. The van der Waals surface area contributed by atoms with Crippen molar-refractivity contribution in [2.45, 2.75) is 32.7 Å². The highest BCUT2D eigenvalue weighted by Crippen LogP contribution is 2.22. The molecule has 8 nitrogen and oxygen atoms in total. The van der Waals surface area contributed by atoms with Crippen LogP contribution in [0.4, 0.5) is 0 Å². The highest BCUT2D eigenvalue weighted by molar-refractivity contribution is 5.92. The Bertz CT molecular complexity index is 568. The number of piperidine rings is 1. The van der Waals surface area contributed by atoms with E-state index in [4.69, 9.17) is 5.21 Å². The number of amides is 2. The van der Waals surface area contributed by atoms with Crippen LogP contribution in [0.3, 0.4) is 0 Å². The monoisotopic (exact) mass is 335 g/mol. The molecule has 2 heterocycles. The smallest absolute Gasteiger partial charge is 0.277 e. The van der Waals surface area contributed by atoms with Crippen molar-refractivity contribution in [2.24, 2.45) is 11.8 Å². The van der Waals surface area contributed by atoms with E-state index in [1.807, 2.05) is 13.8 Å². The van der Waals surface area contributed by atoms with Crippen LogP contribution >= 0.6 is 0 Å². The summed E-state index contributed by atoms with van der Waals surface area (Å²) in [6.07, 6.45) is 4.38. The Hall–Kier alpha value is -2.06. The fraction of sp³-hybridized carbons (Fsp3) is 0.625. The third-order valence-electron chi connectivity index (χ3n) is 4.37. The van der Waals surface area contributed by atoms with Crippen molar-refractivity contribution >= 4 is 11.8 Å². The molecule has 0 saturated carbocycles. The van der Waals surface area contributed by atoms with Crippen LogP contribution in [0.5, 0.6) is 0 Å². The van der Waals surface area contributed by atoms with Crippen molar-refractivity contribution in [2.75, 3.05) is 20.1 Å². The van der Waals surface area contributed by atoms with Crippen molar-refractivity contribution in [3.63, 3.8) is 0 Å².